The summed E-state index contributed by atoms with van der Waals surface area (Å²) in [4.78, 5) is 4.84. The van der Waals surface area contributed by atoms with E-state index in [4.69, 9.17) is 0 Å². The maximum atomic E-state index is 3.13. The van der Waals surface area contributed by atoms with E-state index in [9.17, 15) is 0 Å². The van der Waals surface area contributed by atoms with Gasteiger partial charge in [-0.25, -0.2) is 0 Å². The summed E-state index contributed by atoms with van der Waals surface area (Å²) in [6, 6.07) is 11.4. The summed E-state index contributed by atoms with van der Waals surface area (Å²) in [6.07, 6.45) is 1.26. The number of nitrogens with zero attached hydrogens (tertiary/aromatic N) is 2. The Morgan fingerprint density at radius 2 is 2.14 bits per heavy atom. The monoisotopic (exact) mass is 189 g/mol. The van der Waals surface area contributed by atoms with Gasteiger partial charge < -0.3 is 9.80 Å². The molecule has 0 aliphatic carbocycles. The third kappa shape index (κ3) is 2.26. The van der Waals surface area contributed by atoms with Gasteiger partial charge in [0.1, 0.15) is 0 Å². The quantitative estimate of drug-likeness (QED) is 0.662. The Labute approximate surface area is 86.1 Å². The zero-order chi connectivity index (χ0) is 9.80. The molecule has 14 heavy (non-hydrogen) atoms. The van der Waals surface area contributed by atoms with Crippen LogP contribution in [0, 0.1) is 6.07 Å². The lowest BCUT2D eigenvalue weighted by molar-refractivity contribution is 0.360. The molecule has 1 aliphatic rings. The third-order valence-corrected chi connectivity index (χ3v) is 2.78. The van der Waals surface area contributed by atoms with E-state index in [1.165, 1.54) is 25.2 Å². The lowest BCUT2D eigenvalue weighted by atomic mass is 10.3. The summed E-state index contributed by atoms with van der Waals surface area (Å²) in [7, 11) is 2.20. The summed E-state index contributed by atoms with van der Waals surface area (Å²) in [5.41, 5.74) is 1.31. The van der Waals surface area contributed by atoms with Crippen molar-refractivity contribution >= 4 is 5.69 Å². The SMILES string of the molecule is CN1CCCN(c2c[c]ccc2)CC1. The van der Waals surface area contributed by atoms with Crippen LogP contribution in [0.4, 0.5) is 5.69 Å². The predicted molar refractivity (Wildman–Crippen MR) is 59.6 cm³/mol. The van der Waals surface area contributed by atoms with E-state index in [-0.39, 0.29) is 0 Å². The van der Waals surface area contributed by atoms with Crippen molar-refractivity contribution in [1.29, 1.82) is 0 Å². The fourth-order valence-corrected chi connectivity index (χ4v) is 1.89. The van der Waals surface area contributed by atoms with Crippen molar-refractivity contribution in [2.75, 3.05) is 38.1 Å². The number of likely N-dealkylation sites (N-methyl/N-ethyl adjacent to an activating group) is 1. The van der Waals surface area contributed by atoms with Gasteiger partial charge in [-0.1, -0.05) is 12.1 Å². The van der Waals surface area contributed by atoms with Gasteiger partial charge in [0.2, 0.25) is 0 Å². The van der Waals surface area contributed by atoms with E-state index in [0.29, 0.717) is 0 Å². The number of benzene rings is 1. The first kappa shape index (κ1) is 9.53. The third-order valence-electron chi connectivity index (χ3n) is 2.78. The first-order valence-corrected chi connectivity index (χ1v) is 5.26. The normalized spacial score (nSPS) is 19.4. The Kier molecular flexibility index (Phi) is 3.04. The van der Waals surface area contributed by atoms with Crippen molar-refractivity contribution in [2.24, 2.45) is 0 Å². The summed E-state index contributed by atoms with van der Waals surface area (Å²) in [5.74, 6) is 0. The molecular weight excluding hydrogens is 172 g/mol. The van der Waals surface area contributed by atoms with Crippen LogP contribution >= 0.6 is 0 Å². The van der Waals surface area contributed by atoms with Gasteiger partial charge in [-0.2, -0.15) is 0 Å². The van der Waals surface area contributed by atoms with Crippen LogP contribution < -0.4 is 4.90 Å². The highest BCUT2D eigenvalue weighted by molar-refractivity contribution is 5.45. The Bertz CT molecular complexity index is 271. The number of hydrogen-bond donors (Lipinski definition) is 0. The van der Waals surface area contributed by atoms with Gasteiger partial charge >= 0.3 is 0 Å². The van der Waals surface area contributed by atoms with Crippen LogP contribution in [0.25, 0.3) is 0 Å². The minimum atomic E-state index is 1.13. The second kappa shape index (κ2) is 4.47. The van der Waals surface area contributed by atoms with Crippen molar-refractivity contribution in [3.63, 3.8) is 0 Å². The smallest absolute Gasteiger partial charge is 0.0372 e. The van der Waals surface area contributed by atoms with Crippen LogP contribution in [0.1, 0.15) is 6.42 Å². The second-order valence-corrected chi connectivity index (χ2v) is 3.91. The van der Waals surface area contributed by atoms with Crippen LogP contribution in [-0.4, -0.2) is 38.1 Å². The molecule has 1 aliphatic heterocycles. The van der Waals surface area contributed by atoms with Gasteiger partial charge in [0.05, 0.1) is 0 Å². The van der Waals surface area contributed by atoms with E-state index in [1.54, 1.807) is 0 Å². The molecule has 0 unspecified atom stereocenters. The minimum absolute atomic E-state index is 1.13. The molecule has 1 aromatic carbocycles. The summed E-state index contributed by atoms with van der Waals surface area (Å²) < 4.78 is 0. The summed E-state index contributed by atoms with van der Waals surface area (Å²) >= 11 is 0. The molecule has 0 saturated carbocycles. The topological polar surface area (TPSA) is 6.48 Å². The van der Waals surface area contributed by atoms with E-state index >= 15 is 0 Å². The average Bonchev–Trinajstić information content (AvgIpc) is 2.44. The maximum absolute atomic E-state index is 3.13. The fourth-order valence-electron chi connectivity index (χ4n) is 1.89. The van der Waals surface area contributed by atoms with E-state index in [1.807, 2.05) is 6.07 Å². The maximum Gasteiger partial charge on any atom is 0.0372 e. The molecule has 0 aromatic heterocycles. The van der Waals surface area contributed by atoms with Crippen molar-refractivity contribution in [1.82, 2.24) is 4.90 Å². The van der Waals surface area contributed by atoms with Gasteiger partial charge in [0.25, 0.3) is 0 Å². The molecule has 75 valence electrons. The molecule has 1 saturated heterocycles. The molecule has 1 fully saturated rings. The molecule has 1 radical (unpaired) electrons. The first-order valence-electron chi connectivity index (χ1n) is 5.26. The summed E-state index contributed by atoms with van der Waals surface area (Å²) in [5, 5.41) is 0. The van der Waals surface area contributed by atoms with Crippen LogP contribution in [-0.2, 0) is 0 Å². The Morgan fingerprint density at radius 1 is 1.21 bits per heavy atom. The first-order chi connectivity index (χ1) is 6.86. The molecule has 0 bridgehead atoms. The Hall–Kier alpha value is -1.02. The molecular formula is C12H17N2. The lowest BCUT2D eigenvalue weighted by Gasteiger charge is -2.22. The van der Waals surface area contributed by atoms with Gasteiger partial charge in [-0.3, -0.25) is 0 Å². The van der Waals surface area contributed by atoms with E-state index in [2.05, 4.69) is 41.1 Å². The highest BCUT2D eigenvalue weighted by Gasteiger charge is 2.11. The fraction of sp³-hybridized carbons (Fsp3) is 0.500. The highest BCUT2D eigenvalue weighted by atomic mass is 15.2. The average molecular weight is 189 g/mol. The minimum Gasteiger partial charge on any atom is -0.370 e. The van der Waals surface area contributed by atoms with Crippen molar-refractivity contribution in [3.8, 4) is 0 Å². The molecule has 2 rings (SSSR count). The van der Waals surface area contributed by atoms with Crippen LogP contribution in [0.15, 0.2) is 24.3 Å². The highest BCUT2D eigenvalue weighted by Crippen LogP contribution is 2.14. The van der Waals surface area contributed by atoms with Crippen molar-refractivity contribution < 1.29 is 0 Å². The Morgan fingerprint density at radius 3 is 2.93 bits per heavy atom. The van der Waals surface area contributed by atoms with Gasteiger partial charge in [-0.15, -0.1) is 0 Å². The van der Waals surface area contributed by atoms with Crippen LogP contribution in [0.5, 0.6) is 0 Å². The number of anilines is 1. The predicted octanol–water partition coefficient (Wildman–Crippen LogP) is 1.63. The zero-order valence-electron chi connectivity index (χ0n) is 8.74. The molecule has 2 nitrogen and oxygen atoms in total. The number of rotatable bonds is 1. The van der Waals surface area contributed by atoms with Gasteiger partial charge in [-0.05, 0) is 38.2 Å². The van der Waals surface area contributed by atoms with Crippen LogP contribution in [0.3, 0.4) is 0 Å². The lowest BCUT2D eigenvalue weighted by Crippen LogP contribution is -2.28. The number of hydrogen-bond acceptors (Lipinski definition) is 2. The molecule has 0 spiro atoms. The van der Waals surface area contributed by atoms with Crippen molar-refractivity contribution in [2.45, 2.75) is 6.42 Å². The molecule has 1 aromatic rings. The van der Waals surface area contributed by atoms with Gasteiger partial charge in [0, 0.05) is 25.3 Å². The molecule has 1 heterocycles. The molecule has 2 heteroatoms. The standard InChI is InChI=1S/C12H17N2/c1-13-8-5-9-14(11-10-13)12-6-3-2-4-7-12/h2-3,6-7H,5,8-11H2,1H3. The zero-order valence-corrected chi connectivity index (χ0v) is 8.74. The molecule has 0 amide bonds. The molecule has 0 atom stereocenters. The van der Waals surface area contributed by atoms with Gasteiger partial charge in [0.15, 0.2) is 0 Å². The summed E-state index contributed by atoms with van der Waals surface area (Å²) in [6.45, 7) is 4.68. The van der Waals surface area contributed by atoms with E-state index in [0.717, 1.165) is 13.1 Å². The molecule has 0 N–H and O–H groups in total. The van der Waals surface area contributed by atoms with E-state index < -0.39 is 0 Å². The van der Waals surface area contributed by atoms with Crippen LogP contribution in [0.2, 0.25) is 0 Å². The largest absolute Gasteiger partial charge is 0.370 e. The van der Waals surface area contributed by atoms with Crippen molar-refractivity contribution in [3.05, 3.63) is 30.3 Å². The Balaban J connectivity index is 2.04. The second-order valence-electron chi connectivity index (χ2n) is 3.91.